The summed E-state index contributed by atoms with van der Waals surface area (Å²) in [6, 6.07) is 5.66. The lowest BCUT2D eigenvalue weighted by Crippen LogP contribution is -2.32. The Morgan fingerprint density at radius 2 is 2.11 bits per heavy atom. The Labute approximate surface area is 113 Å². The fraction of sp³-hybridized carbons (Fsp3) is 0.500. The molecule has 2 rings (SSSR count). The molecule has 19 heavy (non-hydrogen) atoms. The lowest BCUT2D eigenvalue weighted by molar-refractivity contribution is -0.129. The van der Waals surface area contributed by atoms with E-state index >= 15 is 0 Å². The first kappa shape index (κ1) is 13.7. The molecule has 1 fully saturated rings. The SMILES string of the molecule is COc1ccc(CC(=O)N2CC[C@H](N)C2)cc1OC. The van der Waals surface area contributed by atoms with E-state index in [1.807, 2.05) is 23.1 Å². The molecule has 2 N–H and O–H groups in total. The van der Waals surface area contributed by atoms with Gasteiger partial charge in [-0.05, 0) is 24.1 Å². The molecule has 0 bridgehead atoms. The van der Waals surface area contributed by atoms with Gasteiger partial charge >= 0.3 is 0 Å². The maximum atomic E-state index is 12.1. The number of nitrogens with zero attached hydrogens (tertiary/aromatic N) is 1. The van der Waals surface area contributed by atoms with Crippen LogP contribution in [-0.4, -0.2) is 44.2 Å². The number of ether oxygens (including phenoxy) is 2. The molecule has 1 aliphatic rings. The van der Waals surface area contributed by atoms with Crippen molar-refractivity contribution in [2.75, 3.05) is 27.3 Å². The van der Waals surface area contributed by atoms with E-state index in [1.54, 1.807) is 14.2 Å². The van der Waals surface area contributed by atoms with Gasteiger partial charge in [0.05, 0.1) is 20.6 Å². The Morgan fingerprint density at radius 1 is 1.37 bits per heavy atom. The molecule has 1 aromatic carbocycles. The number of nitrogens with two attached hydrogens (primary N) is 1. The lowest BCUT2D eigenvalue weighted by atomic mass is 10.1. The first-order valence-corrected chi connectivity index (χ1v) is 6.38. The van der Waals surface area contributed by atoms with Gasteiger partial charge in [-0.15, -0.1) is 0 Å². The number of hydrogen-bond donors (Lipinski definition) is 1. The van der Waals surface area contributed by atoms with E-state index in [1.165, 1.54) is 0 Å². The second-order valence-electron chi connectivity index (χ2n) is 4.75. The molecule has 0 spiro atoms. The molecule has 0 radical (unpaired) electrons. The highest BCUT2D eigenvalue weighted by molar-refractivity contribution is 5.79. The van der Waals surface area contributed by atoms with Gasteiger partial charge in [-0.25, -0.2) is 0 Å². The molecule has 0 aromatic heterocycles. The summed E-state index contributed by atoms with van der Waals surface area (Å²) >= 11 is 0. The molecule has 1 amide bonds. The predicted octanol–water partition coefficient (Wildman–Crippen LogP) is 0.806. The summed E-state index contributed by atoms with van der Waals surface area (Å²) in [6.07, 6.45) is 1.25. The van der Waals surface area contributed by atoms with Crippen molar-refractivity contribution in [2.45, 2.75) is 18.9 Å². The van der Waals surface area contributed by atoms with Crippen LogP contribution in [0.4, 0.5) is 0 Å². The third-order valence-electron chi connectivity index (χ3n) is 3.38. The minimum absolute atomic E-state index is 0.111. The maximum Gasteiger partial charge on any atom is 0.227 e. The molecule has 5 heteroatoms. The van der Waals surface area contributed by atoms with Gasteiger partial charge in [0.2, 0.25) is 5.91 Å². The average Bonchev–Trinajstić information content (AvgIpc) is 2.85. The van der Waals surface area contributed by atoms with Crippen LogP contribution < -0.4 is 15.2 Å². The fourth-order valence-corrected chi connectivity index (χ4v) is 2.29. The van der Waals surface area contributed by atoms with Crippen molar-refractivity contribution < 1.29 is 14.3 Å². The smallest absolute Gasteiger partial charge is 0.227 e. The van der Waals surface area contributed by atoms with Gasteiger partial charge in [0.15, 0.2) is 11.5 Å². The first-order chi connectivity index (χ1) is 9.13. The van der Waals surface area contributed by atoms with Crippen LogP contribution in [0.5, 0.6) is 11.5 Å². The van der Waals surface area contributed by atoms with Crippen LogP contribution >= 0.6 is 0 Å². The number of likely N-dealkylation sites (tertiary alicyclic amines) is 1. The highest BCUT2D eigenvalue weighted by atomic mass is 16.5. The van der Waals surface area contributed by atoms with E-state index in [9.17, 15) is 4.79 Å². The van der Waals surface area contributed by atoms with Crippen LogP contribution in [-0.2, 0) is 11.2 Å². The van der Waals surface area contributed by atoms with Gasteiger partial charge in [0.25, 0.3) is 0 Å². The Bertz CT molecular complexity index is 462. The van der Waals surface area contributed by atoms with E-state index in [2.05, 4.69) is 0 Å². The number of carbonyl (C=O) groups is 1. The Morgan fingerprint density at radius 3 is 2.68 bits per heavy atom. The zero-order chi connectivity index (χ0) is 13.8. The number of carbonyl (C=O) groups excluding carboxylic acids is 1. The second-order valence-corrected chi connectivity index (χ2v) is 4.75. The first-order valence-electron chi connectivity index (χ1n) is 6.38. The van der Waals surface area contributed by atoms with Crippen LogP contribution in [0.2, 0.25) is 0 Å². The summed E-state index contributed by atoms with van der Waals surface area (Å²) in [6.45, 7) is 1.42. The van der Waals surface area contributed by atoms with Crippen molar-refractivity contribution >= 4 is 5.91 Å². The third kappa shape index (κ3) is 3.17. The number of hydrogen-bond acceptors (Lipinski definition) is 4. The van der Waals surface area contributed by atoms with Crippen molar-refractivity contribution in [1.82, 2.24) is 4.90 Å². The molecule has 1 aliphatic heterocycles. The zero-order valence-electron chi connectivity index (χ0n) is 11.4. The van der Waals surface area contributed by atoms with E-state index in [0.717, 1.165) is 18.5 Å². The van der Waals surface area contributed by atoms with Crippen molar-refractivity contribution in [3.8, 4) is 11.5 Å². The molecule has 5 nitrogen and oxygen atoms in total. The van der Waals surface area contributed by atoms with Gasteiger partial charge < -0.3 is 20.1 Å². The maximum absolute atomic E-state index is 12.1. The average molecular weight is 264 g/mol. The van der Waals surface area contributed by atoms with Crippen LogP contribution in [0.25, 0.3) is 0 Å². The molecule has 104 valence electrons. The number of rotatable bonds is 4. The molecule has 1 heterocycles. The molecule has 1 saturated heterocycles. The van der Waals surface area contributed by atoms with E-state index in [4.69, 9.17) is 15.2 Å². The van der Waals surface area contributed by atoms with E-state index < -0.39 is 0 Å². The molecule has 1 atom stereocenters. The second kappa shape index (κ2) is 5.93. The fourth-order valence-electron chi connectivity index (χ4n) is 2.29. The molecule has 1 aromatic rings. The normalized spacial score (nSPS) is 18.5. The minimum atomic E-state index is 0.111. The monoisotopic (exact) mass is 264 g/mol. The van der Waals surface area contributed by atoms with Gasteiger partial charge in [0.1, 0.15) is 0 Å². The Kier molecular flexibility index (Phi) is 4.27. The number of methoxy groups -OCH3 is 2. The lowest BCUT2D eigenvalue weighted by Gasteiger charge is -2.16. The predicted molar refractivity (Wildman–Crippen MR) is 72.4 cm³/mol. The van der Waals surface area contributed by atoms with Crippen molar-refractivity contribution in [2.24, 2.45) is 5.73 Å². The van der Waals surface area contributed by atoms with Crippen molar-refractivity contribution in [3.05, 3.63) is 23.8 Å². The van der Waals surface area contributed by atoms with Gasteiger partial charge in [-0.3, -0.25) is 4.79 Å². The van der Waals surface area contributed by atoms with E-state index in [-0.39, 0.29) is 11.9 Å². The zero-order valence-corrected chi connectivity index (χ0v) is 11.4. The number of benzene rings is 1. The molecule has 0 saturated carbocycles. The Hall–Kier alpha value is -1.75. The summed E-state index contributed by atoms with van der Waals surface area (Å²) in [5, 5.41) is 0. The molecule has 0 unspecified atom stereocenters. The topological polar surface area (TPSA) is 64.8 Å². The summed E-state index contributed by atoms with van der Waals surface area (Å²) in [7, 11) is 3.18. The minimum Gasteiger partial charge on any atom is -0.493 e. The Balaban J connectivity index is 2.04. The van der Waals surface area contributed by atoms with Gasteiger partial charge in [-0.2, -0.15) is 0 Å². The summed E-state index contributed by atoms with van der Waals surface area (Å²) < 4.78 is 10.4. The summed E-state index contributed by atoms with van der Waals surface area (Å²) in [5.41, 5.74) is 6.73. The highest BCUT2D eigenvalue weighted by Crippen LogP contribution is 2.28. The van der Waals surface area contributed by atoms with Crippen LogP contribution in [0.15, 0.2) is 18.2 Å². The van der Waals surface area contributed by atoms with Crippen molar-refractivity contribution in [1.29, 1.82) is 0 Å². The number of amides is 1. The highest BCUT2D eigenvalue weighted by Gasteiger charge is 2.23. The largest absolute Gasteiger partial charge is 0.493 e. The van der Waals surface area contributed by atoms with E-state index in [0.29, 0.717) is 24.5 Å². The van der Waals surface area contributed by atoms with Gasteiger partial charge in [0, 0.05) is 19.1 Å². The van der Waals surface area contributed by atoms with Crippen molar-refractivity contribution in [3.63, 3.8) is 0 Å². The summed E-state index contributed by atoms with van der Waals surface area (Å²) in [5.74, 6) is 1.42. The quantitative estimate of drug-likeness (QED) is 0.874. The third-order valence-corrected chi connectivity index (χ3v) is 3.38. The van der Waals surface area contributed by atoms with Gasteiger partial charge in [-0.1, -0.05) is 6.07 Å². The summed E-state index contributed by atoms with van der Waals surface area (Å²) in [4.78, 5) is 13.9. The van der Waals surface area contributed by atoms with Crippen LogP contribution in [0, 0.1) is 0 Å². The molecule has 0 aliphatic carbocycles. The van der Waals surface area contributed by atoms with Crippen LogP contribution in [0.3, 0.4) is 0 Å². The molecular formula is C14H20N2O3. The van der Waals surface area contributed by atoms with Crippen LogP contribution in [0.1, 0.15) is 12.0 Å². The standard InChI is InChI=1S/C14H20N2O3/c1-18-12-4-3-10(7-13(12)19-2)8-14(17)16-6-5-11(15)9-16/h3-4,7,11H,5-6,8-9,15H2,1-2H3/t11-/m0/s1. The molecular weight excluding hydrogens is 244 g/mol.